The van der Waals surface area contributed by atoms with Gasteiger partial charge in [0.2, 0.25) is 0 Å². The van der Waals surface area contributed by atoms with Gasteiger partial charge < -0.3 is 15.4 Å². The first-order valence-electron chi connectivity index (χ1n) is 8.02. The van der Waals surface area contributed by atoms with Crippen LogP contribution < -0.4 is 15.4 Å². The van der Waals surface area contributed by atoms with Crippen molar-refractivity contribution in [1.29, 1.82) is 0 Å². The number of thiophene rings is 1. The number of nitrogens with one attached hydrogen (secondary N) is 2. The minimum Gasteiger partial charge on any atom is -0.496 e. The largest absolute Gasteiger partial charge is 0.496 e. The second kappa shape index (κ2) is 8.31. The predicted molar refractivity (Wildman–Crippen MR) is 103 cm³/mol. The zero-order valence-electron chi connectivity index (χ0n) is 14.2. The Balaban J connectivity index is 1.59. The lowest BCUT2D eigenvalue weighted by Gasteiger charge is -2.10. The number of amides is 2. The van der Waals surface area contributed by atoms with Crippen molar-refractivity contribution in [2.75, 3.05) is 12.4 Å². The van der Waals surface area contributed by atoms with E-state index in [2.05, 4.69) is 10.6 Å². The van der Waals surface area contributed by atoms with Crippen LogP contribution in [0.4, 0.5) is 5.69 Å². The number of carbonyl (C=O) groups excluding carboxylic acids is 2. The van der Waals surface area contributed by atoms with Crippen molar-refractivity contribution in [3.8, 4) is 5.75 Å². The highest BCUT2D eigenvalue weighted by atomic mass is 32.1. The predicted octanol–water partition coefficient (Wildman–Crippen LogP) is 3.94. The number of carbonyl (C=O) groups is 2. The Morgan fingerprint density at radius 1 is 0.962 bits per heavy atom. The van der Waals surface area contributed by atoms with Crippen LogP contribution in [-0.4, -0.2) is 18.9 Å². The van der Waals surface area contributed by atoms with Crippen molar-refractivity contribution < 1.29 is 14.3 Å². The number of anilines is 1. The molecule has 0 aliphatic rings. The summed E-state index contributed by atoms with van der Waals surface area (Å²) < 4.78 is 5.28. The molecule has 0 aliphatic carbocycles. The fourth-order valence-electron chi connectivity index (χ4n) is 2.43. The summed E-state index contributed by atoms with van der Waals surface area (Å²) in [7, 11) is 1.60. The van der Waals surface area contributed by atoms with E-state index in [4.69, 9.17) is 4.74 Å². The molecular weight excluding hydrogens is 348 g/mol. The molecule has 132 valence electrons. The lowest BCUT2D eigenvalue weighted by Crippen LogP contribution is -2.23. The molecule has 1 aromatic heterocycles. The molecule has 0 atom stereocenters. The molecule has 0 bridgehead atoms. The summed E-state index contributed by atoms with van der Waals surface area (Å²) in [6, 6.07) is 17.9. The van der Waals surface area contributed by atoms with Gasteiger partial charge in [-0.05, 0) is 41.8 Å². The number of hydrogen-bond acceptors (Lipinski definition) is 4. The van der Waals surface area contributed by atoms with Crippen LogP contribution in [0.3, 0.4) is 0 Å². The van der Waals surface area contributed by atoms with E-state index < -0.39 is 0 Å². The second-order valence-electron chi connectivity index (χ2n) is 5.50. The average Bonchev–Trinajstić information content (AvgIpc) is 3.22. The molecule has 6 heteroatoms. The molecule has 0 saturated heterocycles. The van der Waals surface area contributed by atoms with Crippen LogP contribution in [0.1, 0.15) is 25.6 Å². The van der Waals surface area contributed by atoms with Crippen molar-refractivity contribution in [1.82, 2.24) is 5.32 Å². The van der Waals surface area contributed by atoms with Crippen LogP contribution in [0, 0.1) is 0 Å². The lowest BCUT2D eigenvalue weighted by molar-refractivity contribution is 0.0950. The van der Waals surface area contributed by atoms with E-state index in [0.717, 1.165) is 11.3 Å². The summed E-state index contributed by atoms with van der Waals surface area (Å²) in [4.78, 5) is 25.0. The number of para-hydroxylation sites is 1. The van der Waals surface area contributed by atoms with Gasteiger partial charge in [-0.3, -0.25) is 9.59 Å². The van der Waals surface area contributed by atoms with E-state index in [1.165, 1.54) is 11.3 Å². The Kier molecular flexibility index (Phi) is 5.66. The van der Waals surface area contributed by atoms with Crippen LogP contribution in [0.25, 0.3) is 0 Å². The fourth-order valence-corrected chi connectivity index (χ4v) is 3.05. The van der Waals surface area contributed by atoms with Crippen molar-refractivity contribution in [3.63, 3.8) is 0 Å². The van der Waals surface area contributed by atoms with Gasteiger partial charge >= 0.3 is 0 Å². The molecule has 5 nitrogen and oxygen atoms in total. The van der Waals surface area contributed by atoms with E-state index in [0.29, 0.717) is 22.7 Å². The number of ether oxygens (including phenoxy) is 1. The SMILES string of the molecule is COc1ccccc1CNC(=O)c1ccc(NC(=O)c2cccs2)cc1. The molecule has 26 heavy (non-hydrogen) atoms. The van der Waals surface area contributed by atoms with Crippen molar-refractivity contribution in [2.45, 2.75) is 6.54 Å². The Hall–Kier alpha value is -3.12. The maximum atomic E-state index is 12.3. The highest BCUT2D eigenvalue weighted by Crippen LogP contribution is 2.17. The van der Waals surface area contributed by atoms with Crippen LogP contribution in [0.2, 0.25) is 0 Å². The highest BCUT2D eigenvalue weighted by molar-refractivity contribution is 7.12. The molecule has 0 aliphatic heterocycles. The van der Waals surface area contributed by atoms with Gasteiger partial charge in [-0.25, -0.2) is 0 Å². The van der Waals surface area contributed by atoms with Gasteiger partial charge in [-0.1, -0.05) is 24.3 Å². The van der Waals surface area contributed by atoms with E-state index in [1.54, 1.807) is 37.4 Å². The third kappa shape index (κ3) is 4.29. The zero-order chi connectivity index (χ0) is 18.4. The van der Waals surface area contributed by atoms with Crippen LogP contribution in [0.15, 0.2) is 66.0 Å². The van der Waals surface area contributed by atoms with E-state index in [1.807, 2.05) is 35.7 Å². The summed E-state index contributed by atoms with van der Waals surface area (Å²) in [6.45, 7) is 0.375. The molecule has 0 saturated carbocycles. The highest BCUT2D eigenvalue weighted by Gasteiger charge is 2.09. The first-order chi connectivity index (χ1) is 12.7. The molecule has 2 amide bonds. The monoisotopic (exact) mass is 366 g/mol. The Morgan fingerprint density at radius 3 is 2.42 bits per heavy atom. The molecule has 3 rings (SSSR count). The van der Waals surface area contributed by atoms with E-state index >= 15 is 0 Å². The summed E-state index contributed by atoms with van der Waals surface area (Å²) >= 11 is 1.38. The standard InChI is InChI=1S/C20H18N2O3S/c1-25-17-6-3-2-5-15(17)13-21-19(23)14-8-10-16(11-9-14)22-20(24)18-7-4-12-26-18/h2-12H,13H2,1H3,(H,21,23)(H,22,24). The van der Waals surface area contributed by atoms with Gasteiger partial charge in [0.1, 0.15) is 5.75 Å². The van der Waals surface area contributed by atoms with Gasteiger partial charge in [0.05, 0.1) is 12.0 Å². The third-order valence-corrected chi connectivity index (χ3v) is 4.65. The Bertz CT molecular complexity index is 890. The molecule has 0 spiro atoms. The maximum absolute atomic E-state index is 12.3. The number of methoxy groups -OCH3 is 1. The molecule has 0 fully saturated rings. The number of benzene rings is 2. The summed E-state index contributed by atoms with van der Waals surface area (Å²) in [5.74, 6) is 0.389. The van der Waals surface area contributed by atoms with Gasteiger partial charge in [0, 0.05) is 23.4 Å². The summed E-state index contributed by atoms with van der Waals surface area (Å²) in [5.41, 5.74) is 2.07. The average molecular weight is 366 g/mol. The Labute approximate surface area is 155 Å². The first-order valence-corrected chi connectivity index (χ1v) is 8.90. The van der Waals surface area contributed by atoms with Crippen molar-refractivity contribution in [3.05, 3.63) is 82.0 Å². The van der Waals surface area contributed by atoms with Crippen molar-refractivity contribution in [2.24, 2.45) is 0 Å². The lowest BCUT2D eigenvalue weighted by atomic mass is 10.1. The van der Waals surface area contributed by atoms with Gasteiger partial charge in [-0.2, -0.15) is 0 Å². The molecule has 3 aromatic rings. The molecule has 2 aromatic carbocycles. The first kappa shape index (κ1) is 17.7. The minimum atomic E-state index is -0.188. The van der Waals surface area contributed by atoms with Crippen LogP contribution in [0.5, 0.6) is 5.75 Å². The van der Waals surface area contributed by atoms with Crippen molar-refractivity contribution >= 4 is 28.8 Å². The van der Waals surface area contributed by atoms with E-state index in [-0.39, 0.29) is 11.8 Å². The summed E-state index contributed by atoms with van der Waals surface area (Å²) in [6.07, 6.45) is 0. The molecule has 0 unspecified atom stereocenters. The minimum absolute atomic E-state index is 0.159. The van der Waals surface area contributed by atoms with Crippen LogP contribution >= 0.6 is 11.3 Å². The second-order valence-corrected chi connectivity index (χ2v) is 6.45. The summed E-state index contributed by atoms with van der Waals surface area (Å²) in [5, 5.41) is 7.53. The zero-order valence-corrected chi connectivity index (χ0v) is 15.0. The molecule has 1 heterocycles. The molecule has 2 N–H and O–H groups in total. The normalized spacial score (nSPS) is 10.2. The number of hydrogen-bond donors (Lipinski definition) is 2. The Morgan fingerprint density at radius 2 is 1.73 bits per heavy atom. The fraction of sp³-hybridized carbons (Fsp3) is 0.100. The topological polar surface area (TPSA) is 67.4 Å². The number of rotatable bonds is 6. The van der Waals surface area contributed by atoms with Gasteiger partial charge in [0.15, 0.2) is 0 Å². The smallest absolute Gasteiger partial charge is 0.265 e. The van der Waals surface area contributed by atoms with Gasteiger partial charge in [-0.15, -0.1) is 11.3 Å². The van der Waals surface area contributed by atoms with Crippen LogP contribution in [-0.2, 0) is 6.54 Å². The maximum Gasteiger partial charge on any atom is 0.265 e. The third-order valence-electron chi connectivity index (χ3n) is 3.78. The quantitative estimate of drug-likeness (QED) is 0.694. The molecule has 0 radical (unpaired) electrons. The van der Waals surface area contributed by atoms with E-state index in [9.17, 15) is 9.59 Å². The molecular formula is C20H18N2O3S. The van der Waals surface area contributed by atoms with Gasteiger partial charge in [0.25, 0.3) is 11.8 Å².